The molecule has 0 unspecified atom stereocenters. The number of methoxy groups -OCH3 is 2. The van der Waals surface area contributed by atoms with E-state index in [1.165, 1.54) is 6.26 Å². The standard InChI is InChI=1S/C23H25N3O4/c1-28-19-8-5-17(6-9-19)20-10-7-18(22(24-20)29-2)16-25-11-13-26(14-12-25)23(27)21-4-3-15-30-21/h3-10,15H,11-14,16H2,1-2H3. The number of rotatable bonds is 6. The fourth-order valence-electron chi connectivity index (χ4n) is 3.59. The molecule has 0 N–H and O–H groups in total. The van der Waals surface area contributed by atoms with E-state index in [1.807, 2.05) is 35.2 Å². The summed E-state index contributed by atoms with van der Waals surface area (Å²) < 4.78 is 16.0. The first-order valence-electron chi connectivity index (χ1n) is 9.91. The Bertz CT molecular complexity index is 978. The minimum absolute atomic E-state index is 0.0530. The molecule has 30 heavy (non-hydrogen) atoms. The van der Waals surface area contributed by atoms with Crippen LogP contribution in [0.4, 0.5) is 0 Å². The second kappa shape index (κ2) is 9.00. The van der Waals surface area contributed by atoms with Crippen molar-refractivity contribution in [1.29, 1.82) is 0 Å². The molecule has 2 aromatic heterocycles. The van der Waals surface area contributed by atoms with Crippen LogP contribution in [0.2, 0.25) is 0 Å². The summed E-state index contributed by atoms with van der Waals surface area (Å²) >= 11 is 0. The lowest BCUT2D eigenvalue weighted by molar-refractivity contribution is 0.0596. The number of hydrogen-bond donors (Lipinski definition) is 0. The Morgan fingerprint density at radius 3 is 2.40 bits per heavy atom. The zero-order valence-electron chi connectivity index (χ0n) is 17.2. The Kier molecular flexibility index (Phi) is 5.99. The molecule has 3 aromatic rings. The van der Waals surface area contributed by atoms with Gasteiger partial charge in [-0.3, -0.25) is 9.69 Å². The van der Waals surface area contributed by atoms with Crippen LogP contribution in [0.15, 0.2) is 59.2 Å². The summed E-state index contributed by atoms with van der Waals surface area (Å²) in [4.78, 5) is 21.2. The van der Waals surface area contributed by atoms with E-state index in [9.17, 15) is 4.79 Å². The molecule has 7 nitrogen and oxygen atoms in total. The highest BCUT2D eigenvalue weighted by Crippen LogP contribution is 2.26. The van der Waals surface area contributed by atoms with E-state index in [0.29, 0.717) is 24.7 Å². The van der Waals surface area contributed by atoms with Crippen LogP contribution in [-0.4, -0.2) is 61.1 Å². The van der Waals surface area contributed by atoms with Crippen molar-refractivity contribution >= 4 is 5.91 Å². The summed E-state index contributed by atoms with van der Waals surface area (Å²) in [6.45, 7) is 3.63. The lowest BCUT2D eigenvalue weighted by atomic mass is 10.1. The molecule has 1 amide bonds. The average Bonchev–Trinajstić information content (AvgIpc) is 3.34. The van der Waals surface area contributed by atoms with Crippen LogP contribution in [-0.2, 0) is 6.54 Å². The van der Waals surface area contributed by atoms with Gasteiger partial charge in [-0.1, -0.05) is 6.07 Å². The van der Waals surface area contributed by atoms with E-state index in [2.05, 4.69) is 11.0 Å². The number of carbonyl (C=O) groups is 1. The second-order valence-corrected chi connectivity index (χ2v) is 7.14. The van der Waals surface area contributed by atoms with Crippen LogP contribution < -0.4 is 9.47 Å². The van der Waals surface area contributed by atoms with Crippen molar-refractivity contribution in [2.24, 2.45) is 0 Å². The molecule has 1 fully saturated rings. The van der Waals surface area contributed by atoms with Crippen molar-refractivity contribution < 1.29 is 18.7 Å². The number of hydrogen-bond acceptors (Lipinski definition) is 6. The summed E-state index contributed by atoms with van der Waals surface area (Å²) in [5.74, 6) is 1.77. The van der Waals surface area contributed by atoms with Gasteiger partial charge in [0, 0.05) is 43.9 Å². The maximum Gasteiger partial charge on any atom is 0.289 e. The monoisotopic (exact) mass is 407 g/mol. The van der Waals surface area contributed by atoms with Crippen molar-refractivity contribution in [2.75, 3.05) is 40.4 Å². The first-order chi connectivity index (χ1) is 14.7. The number of piperazine rings is 1. The zero-order valence-corrected chi connectivity index (χ0v) is 17.2. The fourth-order valence-corrected chi connectivity index (χ4v) is 3.59. The molecule has 0 aliphatic carbocycles. The Morgan fingerprint density at radius 2 is 1.77 bits per heavy atom. The lowest BCUT2D eigenvalue weighted by Gasteiger charge is -2.34. The molecule has 7 heteroatoms. The molecule has 1 saturated heterocycles. The van der Waals surface area contributed by atoms with Gasteiger partial charge in [0.15, 0.2) is 5.76 Å². The van der Waals surface area contributed by atoms with E-state index >= 15 is 0 Å². The normalized spacial score (nSPS) is 14.5. The summed E-state index contributed by atoms with van der Waals surface area (Å²) in [5.41, 5.74) is 2.89. The molecule has 0 spiro atoms. The number of furan rings is 1. The summed E-state index contributed by atoms with van der Waals surface area (Å²) in [7, 11) is 3.29. The number of aromatic nitrogens is 1. The van der Waals surface area contributed by atoms with Gasteiger partial charge in [-0.05, 0) is 42.5 Å². The molecule has 0 saturated carbocycles. The van der Waals surface area contributed by atoms with Gasteiger partial charge in [-0.2, -0.15) is 0 Å². The molecule has 156 valence electrons. The van der Waals surface area contributed by atoms with Crippen LogP contribution in [0.1, 0.15) is 16.1 Å². The van der Waals surface area contributed by atoms with Gasteiger partial charge in [0.25, 0.3) is 5.91 Å². The van der Waals surface area contributed by atoms with Gasteiger partial charge in [0.2, 0.25) is 5.88 Å². The first-order valence-corrected chi connectivity index (χ1v) is 9.91. The molecule has 0 atom stereocenters. The minimum atomic E-state index is -0.0530. The first kappa shape index (κ1) is 20.0. The number of nitrogens with zero attached hydrogens (tertiary/aromatic N) is 3. The van der Waals surface area contributed by atoms with Crippen molar-refractivity contribution in [3.8, 4) is 22.9 Å². The highest BCUT2D eigenvalue weighted by molar-refractivity contribution is 5.91. The Hall–Kier alpha value is -3.32. The third-order valence-corrected chi connectivity index (χ3v) is 5.30. The third-order valence-electron chi connectivity index (χ3n) is 5.30. The fraction of sp³-hybridized carbons (Fsp3) is 0.304. The quantitative estimate of drug-likeness (QED) is 0.625. The van der Waals surface area contributed by atoms with Crippen LogP contribution in [0, 0.1) is 0 Å². The molecule has 0 bridgehead atoms. The van der Waals surface area contributed by atoms with Gasteiger partial charge in [0.1, 0.15) is 5.75 Å². The van der Waals surface area contributed by atoms with Gasteiger partial charge in [0.05, 0.1) is 26.2 Å². The largest absolute Gasteiger partial charge is 0.497 e. The maximum absolute atomic E-state index is 12.4. The Labute approximate surface area is 175 Å². The average molecular weight is 407 g/mol. The van der Waals surface area contributed by atoms with Gasteiger partial charge < -0.3 is 18.8 Å². The Morgan fingerprint density at radius 1 is 1.00 bits per heavy atom. The number of benzene rings is 1. The van der Waals surface area contributed by atoms with Gasteiger partial charge >= 0.3 is 0 Å². The van der Waals surface area contributed by atoms with E-state index < -0.39 is 0 Å². The van der Waals surface area contributed by atoms with Gasteiger partial charge in [-0.15, -0.1) is 0 Å². The van der Waals surface area contributed by atoms with Gasteiger partial charge in [-0.25, -0.2) is 4.98 Å². The number of ether oxygens (including phenoxy) is 2. The predicted molar refractivity (Wildman–Crippen MR) is 113 cm³/mol. The SMILES string of the molecule is COc1ccc(-c2ccc(CN3CCN(C(=O)c4ccco4)CC3)c(OC)n2)cc1. The highest BCUT2D eigenvalue weighted by atomic mass is 16.5. The molecular weight excluding hydrogens is 382 g/mol. The van der Waals surface area contributed by atoms with Crippen LogP contribution in [0.5, 0.6) is 11.6 Å². The van der Waals surface area contributed by atoms with E-state index in [1.54, 1.807) is 26.4 Å². The second-order valence-electron chi connectivity index (χ2n) is 7.14. The van der Waals surface area contributed by atoms with Crippen molar-refractivity contribution in [1.82, 2.24) is 14.8 Å². The van der Waals surface area contributed by atoms with E-state index in [4.69, 9.17) is 18.9 Å². The van der Waals surface area contributed by atoms with Crippen LogP contribution in [0.3, 0.4) is 0 Å². The van der Waals surface area contributed by atoms with Crippen molar-refractivity contribution in [3.05, 3.63) is 66.1 Å². The zero-order chi connectivity index (χ0) is 20.9. The topological polar surface area (TPSA) is 68.0 Å². The smallest absolute Gasteiger partial charge is 0.289 e. The molecular formula is C23H25N3O4. The predicted octanol–water partition coefficient (Wildman–Crippen LogP) is 3.32. The van der Waals surface area contributed by atoms with E-state index in [-0.39, 0.29) is 5.91 Å². The molecule has 4 rings (SSSR count). The molecule has 0 radical (unpaired) electrons. The van der Waals surface area contributed by atoms with Crippen molar-refractivity contribution in [3.63, 3.8) is 0 Å². The lowest BCUT2D eigenvalue weighted by Crippen LogP contribution is -2.48. The van der Waals surface area contributed by atoms with Crippen molar-refractivity contribution in [2.45, 2.75) is 6.54 Å². The number of carbonyl (C=O) groups excluding carboxylic acids is 1. The third kappa shape index (κ3) is 4.31. The Balaban J connectivity index is 1.40. The summed E-state index contributed by atoms with van der Waals surface area (Å²) in [6, 6.07) is 15.3. The number of pyridine rings is 1. The molecule has 1 aromatic carbocycles. The minimum Gasteiger partial charge on any atom is -0.497 e. The highest BCUT2D eigenvalue weighted by Gasteiger charge is 2.24. The molecule has 1 aliphatic rings. The maximum atomic E-state index is 12.4. The summed E-state index contributed by atoms with van der Waals surface area (Å²) in [6.07, 6.45) is 1.53. The number of amides is 1. The van der Waals surface area contributed by atoms with Crippen LogP contribution >= 0.6 is 0 Å². The summed E-state index contributed by atoms with van der Waals surface area (Å²) in [5, 5.41) is 0. The van der Waals surface area contributed by atoms with Crippen LogP contribution in [0.25, 0.3) is 11.3 Å². The van der Waals surface area contributed by atoms with E-state index in [0.717, 1.165) is 42.2 Å². The molecule has 3 heterocycles. The molecule has 1 aliphatic heterocycles.